The molecule has 0 aromatic heterocycles. The fraction of sp³-hybridized carbons (Fsp3) is 0.733. The summed E-state index contributed by atoms with van der Waals surface area (Å²) in [5.74, 6) is -0.349. The smallest absolute Gasteiger partial charge is 0.333 e. The van der Waals surface area contributed by atoms with Crippen molar-refractivity contribution in [3.8, 4) is 0 Å². The predicted molar refractivity (Wildman–Crippen MR) is 85.9 cm³/mol. The molecule has 0 aliphatic rings. The van der Waals surface area contributed by atoms with E-state index in [2.05, 4.69) is 6.58 Å². The number of aliphatic hydroxyl groups is 1. The van der Waals surface area contributed by atoms with Crippen LogP contribution in [0.1, 0.15) is 32.6 Å². The predicted octanol–water partition coefficient (Wildman–Crippen LogP) is 1.63. The molecule has 122 valence electrons. The molecular formula is C15H29NO4P+. The van der Waals surface area contributed by atoms with Gasteiger partial charge in [-0.15, -0.1) is 0 Å². The van der Waals surface area contributed by atoms with Crippen molar-refractivity contribution in [2.75, 3.05) is 40.5 Å². The minimum absolute atomic E-state index is 0.105. The van der Waals surface area contributed by atoms with Crippen molar-refractivity contribution >= 4 is 19.2 Å². The van der Waals surface area contributed by atoms with Gasteiger partial charge < -0.3 is 19.2 Å². The van der Waals surface area contributed by atoms with Gasteiger partial charge in [0, 0.05) is 5.57 Å². The number of ether oxygens (including phenoxy) is 1. The topological polar surface area (TPSA) is 69.6 Å². The number of rotatable bonds is 10. The molecule has 1 N–H and O–H groups in total. The lowest BCUT2D eigenvalue weighted by atomic mass is 10.2. The van der Waals surface area contributed by atoms with E-state index < -0.39 is 7.77 Å². The third kappa shape index (κ3) is 11.6. The molecule has 5 nitrogen and oxygen atoms in total. The number of hydrogen-bond acceptors (Lipinski definition) is 3. The molecule has 6 heteroatoms. The maximum atomic E-state index is 11.8. The molecule has 1 unspecified atom stereocenters. The van der Waals surface area contributed by atoms with Gasteiger partial charge in [-0.05, 0) is 32.6 Å². The first-order chi connectivity index (χ1) is 9.63. The van der Waals surface area contributed by atoms with Crippen LogP contribution >= 0.6 is 7.77 Å². The van der Waals surface area contributed by atoms with E-state index in [9.17, 15) is 14.8 Å². The first-order valence-corrected chi connectivity index (χ1v) is 8.70. The fourth-order valence-corrected chi connectivity index (χ4v) is 2.98. The summed E-state index contributed by atoms with van der Waals surface area (Å²) in [7, 11) is 4.21. The summed E-state index contributed by atoms with van der Waals surface area (Å²) in [5, 5.41) is 9.76. The van der Waals surface area contributed by atoms with Crippen LogP contribution in [-0.4, -0.2) is 61.5 Å². The van der Waals surface area contributed by atoms with Crippen LogP contribution < -0.4 is 4.89 Å². The molecule has 0 aromatic carbocycles. The van der Waals surface area contributed by atoms with Gasteiger partial charge in [0.1, 0.15) is 6.16 Å². The monoisotopic (exact) mass is 318 g/mol. The Balaban J connectivity index is 3.74. The van der Waals surface area contributed by atoms with Crippen LogP contribution in [0.5, 0.6) is 0 Å². The molecule has 21 heavy (non-hydrogen) atoms. The molecule has 0 rings (SSSR count). The lowest BCUT2D eigenvalue weighted by molar-refractivity contribution is -0.861. The quantitative estimate of drug-likeness (QED) is 0.218. The Hall–Kier alpha value is -0.740. The van der Waals surface area contributed by atoms with Gasteiger partial charge in [0.15, 0.2) is 6.54 Å². The van der Waals surface area contributed by atoms with Crippen LogP contribution in [0.2, 0.25) is 0 Å². The van der Waals surface area contributed by atoms with Crippen molar-refractivity contribution in [2.24, 2.45) is 0 Å². The van der Waals surface area contributed by atoms with E-state index in [4.69, 9.17) is 4.74 Å². The van der Waals surface area contributed by atoms with E-state index in [1.807, 2.05) is 21.1 Å². The molecule has 1 atom stereocenters. The van der Waals surface area contributed by atoms with Crippen molar-refractivity contribution in [2.45, 2.75) is 32.6 Å². The number of nitrogens with zero attached hydrogens (tertiary/aromatic N) is 1. The lowest BCUT2D eigenvalue weighted by Crippen LogP contribution is -2.39. The molecule has 0 radical (unpaired) electrons. The number of carbonyl (C=O) groups is 1. The van der Waals surface area contributed by atoms with Gasteiger partial charge in [0.2, 0.25) is 0 Å². The average molecular weight is 318 g/mol. The first-order valence-electron chi connectivity index (χ1n) is 7.26. The van der Waals surface area contributed by atoms with Crippen LogP contribution in [-0.2, 0) is 9.53 Å². The zero-order valence-corrected chi connectivity index (χ0v) is 14.6. The Bertz CT molecular complexity index is 386. The van der Waals surface area contributed by atoms with Gasteiger partial charge in [-0.25, -0.2) is 4.79 Å². The van der Waals surface area contributed by atoms with Crippen molar-refractivity contribution in [3.05, 3.63) is 12.2 Å². The highest BCUT2D eigenvalue weighted by Crippen LogP contribution is 2.17. The summed E-state index contributed by atoms with van der Waals surface area (Å²) in [6.07, 6.45) is 3.97. The van der Waals surface area contributed by atoms with Crippen LogP contribution in [0.4, 0.5) is 0 Å². The second kappa shape index (κ2) is 10.1. The Kier molecular flexibility index (Phi) is 9.71. The summed E-state index contributed by atoms with van der Waals surface area (Å²) in [6, 6.07) is 0. The molecule has 0 spiro atoms. The zero-order valence-electron chi connectivity index (χ0n) is 13.7. The van der Waals surface area contributed by atoms with Crippen LogP contribution in [0.15, 0.2) is 12.2 Å². The van der Waals surface area contributed by atoms with Gasteiger partial charge in [0.05, 0.1) is 35.5 Å². The molecular weight excluding hydrogens is 289 g/mol. The van der Waals surface area contributed by atoms with Gasteiger partial charge in [0.25, 0.3) is 5.48 Å². The lowest BCUT2D eigenvalue weighted by Gasteiger charge is -2.22. The van der Waals surface area contributed by atoms with Crippen molar-refractivity contribution in [1.29, 1.82) is 0 Å². The number of unbranched alkanes of at least 4 members (excludes halogenated alkanes) is 3. The van der Waals surface area contributed by atoms with Crippen molar-refractivity contribution in [3.63, 3.8) is 0 Å². The fourth-order valence-electron chi connectivity index (χ4n) is 1.63. The molecule has 0 fully saturated rings. The molecule has 0 saturated carbocycles. The Morgan fingerprint density at radius 3 is 2.33 bits per heavy atom. The minimum atomic E-state index is -1.64. The first kappa shape index (κ1) is 20.3. The highest BCUT2D eigenvalue weighted by atomic mass is 31.1. The maximum absolute atomic E-state index is 11.8. The zero-order chi connectivity index (χ0) is 16.5. The maximum Gasteiger partial charge on any atom is 0.333 e. The number of likely N-dealkylation sites (N-methyl/N-ethyl adjacent to an activating group) is 1. The minimum Gasteiger partial charge on any atom is -0.629 e. The molecule has 0 aromatic rings. The average Bonchev–Trinajstić information content (AvgIpc) is 2.34. The van der Waals surface area contributed by atoms with E-state index in [1.165, 1.54) is 0 Å². The second-order valence-electron chi connectivity index (χ2n) is 6.30. The van der Waals surface area contributed by atoms with E-state index in [0.29, 0.717) is 29.4 Å². The standard InChI is InChI=1S/C15H28NO4P/c1-13(2)15(18)20-10-8-6-7-9-11-21(19)14(17)12-16(3,4)5/h1,6-12H2,2-5H3/p+1. The summed E-state index contributed by atoms with van der Waals surface area (Å²) in [6.45, 7) is 5.96. The van der Waals surface area contributed by atoms with Crippen molar-refractivity contribution in [1.82, 2.24) is 0 Å². The third-order valence-corrected chi connectivity index (χ3v) is 4.18. The SMILES string of the molecule is C=C(C)C(=O)OCCCCCC/[P+]([O-])=C(\O)C[N+](C)(C)C. The number of carbonyl (C=O) groups excluding carboxylic acids is 1. The van der Waals surface area contributed by atoms with E-state index in [0.717, 1.165) is 25.7 Å². The number of quaternary nitrogens is 1. The normalized spacial score (nSPS) is 12.9. The van der Waals surface area contributed by atoms with Crippen LogP contribution in [0.25, 0.3) is 0 Å². The van der Waals surface area contributed by atoms with E-state index in [1.54, 1.807) is 6.92 Å². The number of aliphatic hydroxyl groups excluding tert-OH is 1. The van der Waals surface area contributed by atoms with Crippen molar-refractivity contribution < 1.29 is 24.0 Å². The highest BCUT2D eigenvalue weighted by molar-refractivity contribution is 7.51. The summed E-state index contributed by atoms with van der Waals surface area (Å²) in [4.78, 5) is 23.0. The Morgan fingerprint density at radius 2 is 1.81 bits per heavy atom. The van der Waals surface area contributed by atoms with Gasteiger partial charge in [-0.3, -0.25) is 0 Å². The summed E-state index contributed by atoms with van der Waals surface area (Å²) >= 11 is 0. The largest absolute Gasteiger partial charge is 0.629 e. The van der Waals surface area contributed by atoms with Gasteiger partial charge >= 0.3 is 5.97 Å². The highest BCUT2D eigenvalue weighted by Gasteiger charge is 2.16. The van der Waals surface area contributed by atoms with Crippen LogP contribution in [0, 0.1) is 0 Å². The number of hydrogen-bond donors (Lipinski definition) is 1. The summed E-state index contributed by atoms with van der Waals surface area (Å²) < 4.78 is 5.55. The molecule has 0 amide bonds. The van der Waals surface area contributed by atoms with Gasteiger partial charge in [-0.2, -0.15) is 0 Å². The second-order valence-corrected chi connectivity index (χ2v) is 8.02. The third-order valence-electron chi connectivity index (χ3n) is 2.74. The molecule has 0 heterocycles. The van der Waals surface area contributed by atoms with E-state index in [-0.39, 0.29) is 11.4 Å². The Labute approximate surface area is 129 Å². The molecule has 0 saturated heterocycles. The molecule has 0 bridgehead atoms. The molecule has 0 aliphatic heterocycles. The van der Waals surface area contributed by atoms with Gasteiger partial charge in [-0.1, -0.05) is 6.58 Å². The van der Waals surface area contributed by atoms with E-state index >= 15 is 0 Å². The number of esters is 1. The molecule has 0 aliphatic carbocycles. The Morgan fingerprint density at radius 1 is 1.24 bits per heavy atom. The van der Waals surface area contributed by atoms with Crippen LogP contribution in [0.3, 0.4) is 0 Å². The summed E-state index contributed by atoms with van der Waals surface area (Å²) in [5.41, 5.74) is 0.517.